The molecule has 0 aliphatic rings. The van der Waals surface area contributed by atoms with Gasteiger partial charge in [0.2, 0.25) is 5.91 Å². The topological polar surface area (TPSA) is 76.4 Å². The van der Waals surface area contributed by atoms with Crippen LogP contribution in [0.3, 0.4) is 0 Å². The Morgan fingerprint density at radius 2 is 1.76 bits per heavy atom. The minimum absolute atomic E-state index is 0.191. The SMILES string of the molecule is COc1ccc(/C=C/C(=O)NCc2cc3c4ccccc4n(-c4ccc(O)cc4)c3cn2)cc1. The largest absolute Gasteiger partial charge is 0.508 e. The van der Waals surface area contributed by atoms with Crippen molar-refractivity contribution >= 4 is 33.8 Å². The van der Waals surface area contributed by atoms with Gasteiger partial charge in [-0.15, -0.1) is 0 Å². The van der Waals surface area contributed by atoms with Crippen LogP contribution in [0.2, 0.25) is 0 Å². The molecule has 0 saturated carbocycles. The molecule has 0 fully saturated rings. The molecular formula is C28H23N3O3. The van der Waals surface area contributed by atoms with E-state index in [-0.39, 0.29) is 11.7 Å². The molecule has 2 N–H and O–H groups in total. The molecule has 5 rings (SSSR count). The summed E-state index contributed by atoms with van der Waals surface area (Å²) >= 11 is 0. The number of phenolic OH excluding ortho intramolecular Hbond substituents is 1. The van der Waals surface area contributed by atoms with Crippen molar-refractivity contribution < 1.29 is 14.6 Å². The minimum atomic E-state index is -0.191. The highest BCUT2D eigenvalue weighted by Gasteiger charge is 2.13. The number of nitrogens with one attached hydrogen (secondary N) is 1. The molecule has 5 aromatic rings. The molecule has 3 aromatic carbocycles. The molecule has 1 amide bonds. The first kappa shape index (κ1) is 21.3. The van der Waals surface area contributed by atoms with Crippen molar-refractivity contribution in [3.8, 4) is 17.2 Å². The van der Waals surface area contributed by atoms with Gasteiger partial charge in [-0.25, -0.2) is 0 Å². The van der Waals surface area contributed by atoms with E-state index < -0.39 is 0 Å². The van der Waals surface area contributed by atoms with E-state index in [1.54, 1.807) is 25.3 Å². The third-order valence-corrected chi connectivity index (χ3v) is 5.71. The van der Waals surface area contributed by atoms with E-state index in [0.29, 0.717) is 6.54 Å². The van der Waals surface area contributed by atoms with Gasteiger partial charge in [0, 0.05) is 22.5 Å². The zero-order chi connectivity index (χ0) is 23.5. The standard InChI is InChI=1S/C28H23N3O3/c1-34-23-13-6-19(7-14-23)8-15-28(33)30-17-20-16-25-24-4-2-3-5-26(24)31(27(25)18-29-20)21-9-11-22(32)12-10-21/h2-16,18,32H,17H2,1H3,(H,30,33)/b15-8+. The van der Waals surface area contributed by atoms with Gasteiger partial charge in [0.25, 0.3) is 0 Å². The first-order chi connectivity index (χ1) is 16.6. The lowest BCUT2D eigenvalue weighted by Crippen LogP contribution is -2.20. The summed E-state index contributed by atoms with van der Waals surface area (Å²) in [6.45, 7) is 0.320. The van der Waals surface area contributed by atoms with Crippen molar-refractivity contribution in [3.63, 3.8) is 0 Å². The first-order valence-corrected chi connectivity index (χ1v) is 10.9. The number of hydrogen-bond donors (Lipinski definition) is 2. The highest BCUT2D eigenvalue weighted by molar-refractivity contribution is 6.09. The Labute approximate surface area is 196 Å². The van der Waals surface area contributed by atoms with Gasteiger partial charge in [-0.1, -0.05) is 30.3 Å². The highest BCUT2D eigenvalue weighted by Crippen LogP contribution is 2.32. The Morgan fingerprint density at radius 3 is 2.53 bits per heavy atom. The Balaban J connectivity index is 1.39. The summed E-state index contributed by atoms with van der Waals surface area (Å²) in [4.78, 5) is 16.9. The molecule has 0 saturated heterocycles. The van der Waals surface area contributed by atoms with Gasteiger partial charge >= 0.3 is 0 Å². The third-order valence-electron chi connectivity index (χ3n) is 5.71. The lowest BCUT2D eigenvalue weighted by molar-refractivity contribution is -0.116. The minimum Gasteiger partial charge on any atom is -0.508 e. The number of fused-ring (bicyclic) bond motifs is 3. The molecule has 0 aliphatic heterocycles. The number of nitrogens with zero attached hydrogens (tertiary/aromatic N) is 2. The third kappa shape index (κ3) is 4.21. The number of benzene rings is 3. The van der Waals surface area contributed by atoms with Crippen LogP contribution in [0.5, 0.6) is 11.5 Å². The van der Waals surface area contributed by atoms with Gasteiger partial charge in [0.15, 0.2) is 0 Å². The molecule has 6 heteroatoms. The van der Waals surface area contributed by atoms with Crippen molar-refractivity contribution in [3.05, 3.63) is 102 Å². The number of para-hydroxylation sites is 1. The lowest BCUT2D eigenvalue weighted by atomic mass is 10.1. The molecule has 0 spiro atoms. The Kier molecular flexibility index (Phi) is 5.70. The Hall–Kier alpha value is -4.58. The van der Waals surface area contributed by atoms with E-state index in [1.807, 2.05) is 60.8 Å². The Bertz CT molecular complexity index is 1500. The molecule has 0 bridgehead atoms. The Morgan fingerprint density at radius 1 is 1.00 bits per heavy atom. The van der Waals surface area contributed by atoms with Crippen LogP contribution in [-0.4, -0.2) is 27.7 Å². The predicted molar refractivity (Wildman–Crippen MR) is 134 cm³/mol. The number of hydrogen-bond acceptors (Lipinski definition) is 4. The van der Waals surface area contributed by atoms with Crippen LogP contribution in [-0.2, 0) is 11.3 Å². The monoisotopic (exact) mass is 449 g/mol. The van der Waals surface area contributed by atoms with Crippen molar-refractivity contribution in [2.75, 3.05) is 7.11 Å². The van der Waals surface area contributed by atoms with Gasteiger partial charge in [0.1, 0.15) is 11.5 Å². The van der Waals surface area contributed by atoms with E-state index in [4.69, 9.17) is 4.74 Å². The van der Waals surface area contributed by atoms with Crippen LogP contribution in [0.15, 0.2) is 91.1 Å². The fourth-order valence-corrected chi connectivity index (χ4v) is 4.01. The summed E-state index contributed by atoms with van der Waals surface area (Å²) in [5, 5.41) is 14.7. The summed E-state index contributed by atoms with van der Waals surface area (Å²) < 4.78 is 7.27. The van der Waals surface area contributed by atoms with Crippen molar-refractivity contribution in [2.45, 2.75) is 6.54 Å². The molecule has 0 atom stereocenters. The highest BCUT2D eigenvalue weighted by atomic mass is 16.5. The number of amides is 1. The average Bonchev–Trinajstić information content (AvgIpc) is 3.21. The number of ether oxygens (including phenoxy) is 1. The van der Waals surface area contributed by atoms with Crippen LogP contribution in [0.25, 0.3) is 33.6 Å². The smallest absolute Gasteiger partial charge is 0.244 e. The molecule has 2 heterocycles. The van der Waals surface area contributed by atoms with Gasteiger partial charge in [-0.3, -0.25) is 9.78 Å². The van der Waals surface area contributed by atoms with Gasteiger partial charge in [-0.2, -0.15) is 0 Å². The molecule has 0 radical (unpaired) electrons. The van der Waals surface area contributed by atoms with E-state index in [0.717, 1.165) is 44.5 Å². The number of aromatic nitrogens is 2. The molecule has 0 unspecified atom stereocenters. The summed E-state index contributed by atoms with van der Waals surface area (Å²) in [6.07, 6.45) is 5.10. The quantitative estimate of drug-likeness (QED) is 0.349. The summed E-state index contributed by atoms with van der Waals surface area (Å²) in [6, 6.07) is 24.8. The van der Waals surface area contributed by atoms with E-state index >= 15 is 0 Å². The second-order valence-electron chi connectivity index (χ2n) is 7.89. The number of methoxy groups -OCH3 is 1. The molecule has 2 aromatic heterocycles. The number of aromatic hydroxyl groups is 1. The average molecular weight is 450 g/mol. The maximum Gasteiger partial charge on any atom is 0.244 e. The number of carbonyl (C=O) groups is 1. The molecule has 168 valence electrons. The maximum atomic E-state index is 12.3. The van der Waals surface area contributed by atoms with Crippen LogP contribution in [0, 0.1) is 0 Å². The number of phenols is 1. The zero-order valence-corrected chi connectivity index (χ0v) is 18.6. The normalized spacial score (nSPS) is 11.3. The van der Waals surface area contributed by atoms with Crippen molar-refractivity contribution in [1.82, 2.24) is 14.9 Å². The fourth-order valence-electron chi connectivity index (χ4n) is 4.01. The van der Waals surface area contributed by atoms with E-state index in [9.17, 15) is 9.90 Å². The lowest BCUT2D eigenvalue weighted by Gasteiger charge is -2.08. The number of pyridine rings is 1. The summed E-state index contributed by atoms with van der Waals surface area (Å²) in [5.41, 5.74) is 4.63. The molecule has 0 aliphatic carbocycles. The van der Waals surface area contributed by atoms with Gasteiger partial charge < -0.3 is 19.7 Å². The molecule has 34 heavy (non-hydrogen) atoms. The second kappa shape index (κ2) is 9.11. The molecular weight excluding hydrogens is 426 g/mol. The molecule has 6 nitrogen and oxygen atoms in total. The van der Waals surface area contributed by atoms with Gasteiger partial charge in [0.05, 0.1) is 36.6 Å². The second-order valence-corrected chi connectivity index (χ2v) is 7.89. The number of rotatable bonds is 6. The van der Waals surface area contributed by atoms with E-state index in [2.05, 4.69) is 27.0 Å². The van der Waals surface area contributed by atoms with Crippen molar-refractivity contribution in [2.24, 2.45) is 0 Å². The van der Waals surface area contributed by atoms with E-state index in [1.165, 1.54) is 6.08 Å². The van der Waals surface area contributed by atoms with Crippen molar-refractivity contribution in [1.29, 1.82) is 0 Å². The predicted octanol–water partition coefficient (Wildman–Crippen LogP) is 5.22. The first-order valence-electron chi connectivity index (χ1n) is 10.9. The fraction of sp³-hybridized carbons (Fsp3) is 0.0714. The summed E-state index contributed by atoms with van der Waals surface area (Å²) in [5.74, 6) is 0.806. The summed E-state index contributed by atoms with van der Waals surface area (Å²) in [7, 11) is 1.62. The van der Waals surface area contributed by atoms with Gasteiger partial charge in [-0.05, 0) is 60.2 Å². The van der Waals surface area contributed by atoms with Crippen LogP contribution in [0.4, 0.5) is 0 Å². The van der Waals surface area contributed by atoms with Crippen LogP contribution in [0.1, 0.15) is 11.3 Å². The number of carbonyl (C=O) groups excluding carboxylic acids is 1. The van der Waals surface area contributed by atoms with Crippen LogP contribution >= 0.6 is 0 Å². The zero-order valence-electron chi connectivity index (χ0n) is 18.6. The maximum absolute atomic E-state index is 12.3. The van der Waals surface area contributed by atoms with Crippen LogP contribution < -0.4 is 10.1 Å².